The summed E-state index contributed by atoms with van der Waals surface area (Å²) in [5, 5.41) is 3.97. The zero-order valence-electron chi connectivity index (χ0n) is 11.2. The van der Waals surface area contributed by atoms with Crippen molar-refractivity contribution in [2.45, 2.75) is 19.4 Å². The van der Waals surface area contributed by atoms with Gasteiger partial charge in [0.15, 0.2) is 0 Å². The lowest BCUT2D eigenvalue weighted by Crippen LogP contribution is -2.23. The van der Waals surface area contributed by atoms with Crippen LogP contribution in [0.1, 0.15) is 24.1 Å². The smallest absolute Gasteiger partial charge is 0.126 e. The molecule has 0 heterocycles. The van der Waals surface area contributed by atoms with E-state index in [0.717, 1.165) is 12.1 Å². The Morgan fingerprint density at radius 3 is 2.55 bits per heavy atom. The zero-order valence-corrected chi connectivity index (χ0v) is 14.1. The first-order valence-corrected chi connectivity index (χ1v) is 7.98. The van der Waals surface area contributed by atoms with Crippen LogP contribution in [0.4, 0.5) is 4.39 Å². The van der Waals surface area contributed by atoms with Crippen LogP contribution in [-0.2, 0) is 6.42 Å². The van der Waals surface area contributed by atoms with Crippen molar-refractivity contribution in [1.29, 1.82) is 0 Å². The average molecular weight is 404 g/mol. The maximum Gasteiger partial charge on any atom is 0.126 e. The number of nitrogens with one attached hydrogen (secondary N) is 1. The van der Waals surface area contributed by atoms with Crippen LogP contribution in [0.3, 0.4) is 0 Å². The van der Waals surface area contributed by atoms with Gasteiger partial charge in [-0.25, -0.2) is 4.39 Å². The molecule has 0 aromatic heterocycles. The summed E-state index contributed by atoms with van der Waals surface area (Å²) in [6, 6.07) is 13.1. The Balaban J connectivity index is 2.25. The molecule has 1 atom stereocenters. The SMILES string of the molecule is CCNC(Cc1cc(Cl)ccc1F)c1ccc(I)cc1. The van der Waals surface area contributed by atoms with Gasteiger partial charge in [-0.2, -0.15) is 0 Å². The molecule has 0 aliphatic rings. The van der Waals surface area contributed by atoms with E-state index in [0.29, 0.717) is 17.0 Å². The van der Waals surface area contributed by atoms with Crippen LogP contribution in [-0.4, -0.2) is 6.54 Å². The molecular formula is C16H16ClFIN. The highest BCUT2D eigenvalue weighted by molar-refractivity contribution is 14.1. The monoisotopic (exact) mass is 403 g/mol. The highest BCUT2D eigenvalue weighted by atomic mass is 127. The molecule has 0 saturated carbocycles. The molecule has 20 heavy (non-hydrogen) atoms. The summed E-state index contributed by atoms with van der Waals surface area (Å²) < 4.78 is 15.1. The fourth-order valence-electron chi connectivity index (χ4n) is 2.17. The van der Waals surface area contributed by atoms with E-state index < -0.39 is 0 Å². The van der Waals surface area contributed by atoms with E-state index >= 15 is 0 Å². The average Bonchev–Trinajstić information content (AvgIpc) is 2.43. The van der Waals surface area contributed by atoms with Crippen LogP contribution in [0.25, 0.3) is 0 Å². The number of halogens is 3. The topological polar surface area (TPSA) is 12.0 Å². The van der Waals surface area contributed by atoms with E-state index in [9.17, 15) is 4.39 Å². The summed E-state index contributed by atoms with van der Waals surface area (Å²) in [4.78, 5) is 0. The molecule has 0 spiro atoms. The van der Waals surface area contributed by atoms with Crippen LogP contribution in [0.2, 0.25) is 5.02 Å². The summed E-state index contributed by atoms with van der Waals surface area (Å²) in [5.74, 6) is -0.206. The van der Waals surface area contributed by atoms with Crippen molar-refractivity contribution in [2.24, 2.45) is 0 Å². The molecule has 1 unspecified atom stereocenters. The summed E-state index contributed by atoms with van der Waals surface area (Å²) in [5.41, 5.74) is 1.80. The lowest BCUT2D eigenvalue weighted by atomic mass is 9.98. The summed E-state index contributed by atoms with van der Waals surface area (Å²) >= 11 is 8.23. The molecule has 0 bridgehead atoms. The maximum absolute atomic E-state index is 13.9. The van der Waals surface area contributed by atoms with Crippen molar-refractivity contribution in [2.75, 3.05) is 6.54 Å². The molecule has 1 N–H and O–H groups in total. The number of benzene rings is 2. The standard InChI is InChI=1S/C16H16ClFIN/c1-2-20-16(11-3-6-14(19)7-4-11)10-12-9-13(17)5-8-15(12)18/h3-9,16,20H,2,10H2,1H3. The Kier molecular flexibility index (Phi) is 5.81. The Hall–Kier alpha value is -0.650. The van der Waals surface area contributed by atoms with Crippen LogP contribution in [0.5, 0.6) is 0 Å². The normalized spacial score (nSPS) is 12.4. The van der Waals surface area contributed by atoms with Gasteiger partial charge in [-0.05, 0) is 77.0 Å². The predicted molar refractivity (Wildman–Crippen MR) is 90.7 cm³/mol. The van der Waals surface area contributed by atoms with Gasteiger partial charge in [0.1, 0.15) is 5.82 Å². The van der Waals surface area contributed by atoms with Crippen molar-refractivity contribution in [3.05, 3.63) is 68.0 Å². The molecule has 4 heteroatoms. The van der Waals surface area contributed by atoms with Gasteiger partial charge in [0.25, 0.3) is 0 Å². The molecule has 1 nitrogen and oxygen atoms in total. The number of likely N-dealkylation sites (N-methyl/N-ethyl adjacent to an activating group) is 1. The molecule has 0 amide bonds. The summed E-state index contributed by atoms with van der Waals surface area (Å²) in [6.45, 7) is 2.88. The molecule has 2 aromatic carbocycles. The minimum Gasteiger partial charge on any atom is -0.310 e. The third-order valence-electron chi connectivity index (χ3n) is 3.15. The van der Waals surface area contributed by atoms with Gasteiger partial charge in [0.05, 0.1) is 0 Å². The van der Waals surface area contributed by atoms with Crippen molar-refractivity contribution < 1.29 is 4.39 Å². The van der Waals surface area contributed by atoms with E-state index in [4.69, 9.17) is 11.6 Å². The van der Waals surface area contributed by atoms with Crippen LogP contribution < -0.4 is 5.32 Å². The third-order valence-corrected chi connectivity index (χ3v) is 4.11. The van der Waals surface area contributed by atoms with E-state index in [1.54, 1.807) is 12.1 Å². The highest BCUT2D eigenvalue weighted by Gasteiger charge is 2.14. The van der Waals surface area contributed by atoms with Crippen LogP contribution >= 0.6 is 34.2 Å². The van der Waals surface area contributed by atoms with E-state index in [1.165, 1.54) is 9.64 Å². The predicted octanol–water partition coefficient (Wildman–Crippen LogP) is 4.98. The molecule has 0 aliphatic carbocycles. The van der Waals surface area contributed by atoms with Gasteiger partial charge >= 0.3 is 0 Å². The maximum atomic E-state index is 13.9. The molecule has 0 aliphatic heterocycles. The minimum atomic E-state index is -0.206. The Morgan fingerprint density at radius 2 is 1.90 bits per heavy atom. The lowest BCUT2D eigenvalue weighted by Gasteiger charge is -2.19. The van der Waals surface area contributed by atoms with Crippen molar-refractivity contribution in [3.63, 3.8) is 0 Å². The second-order valence-corrected chi connectivity index (χ2v) is 6.28. The Bertz CT molecular complexity index is 571. The van der Waals surface area contributed by atoms with Gasteiger partial charge in [-0.3, -0.25) is 0 Å². The highest BCUT2D eigenvalue weighted by Crippen LogP contribution is 2.23. The minimum absolute atomic E-state index is 0.0879. The zero-order chi connectivity index (χ0) is 14.5. The van der Waals surface area contributed by atoms with E-state index in [-0.39, 0.29) is 11.9 Å². The first kappa shape index (κ1) is 15.7. The Morgan fingerprint density at radius 1 is 1.20 bits per heavy atom. The van der Waals surface area contributed by atoms with Crippen molar-refractivity contribution in [1.82, 2.24) is 5.32 Å². The second-order valence-electron chi connectivity index (χ2n) is 4.60. The van der Waals surface area contributed by atoms with Gasteiger partial charge < -0.3 is 5.32 Å². The first-order valence-electron chi connectivity index (χ1n) is 6.53. The largest absolute Gasteiger partial charge is 0.310 e. The quantitative estimate of drug-likeness (QED) is 0.695. The van der Waals surface area contributed by atoms with Gasteiger partial charge in [0.2, 0.25) is 0 Å². The Labute approximate surface area is 137 Å². The molecule has 0 radical (unpaired) electrons. The fourth-order valence-corrected chi connectivity index (χ4v) is 2.72. The van der Waals surface area contributed by atoms with Crippen LogP contribution in [0, 0.1) is 9.39 Å². The van der Waals surface area contributed by atoms with Crippen molar-refractivity contribution >= 4 is 34.2 Å². The second kappa shape index (κ2) is 7.38. The molecule has 106 valence electrons. The van der Waals surface area contributed by atoms with Gasteiger partial charge in [-0.1, -0.05) is 30.7 Å². The fraction of sp³-hybridized carbons (Fsp3) is 0.250. The molecule has 0 fully saturated rings. The summed E-state index contributed by atoms with van der Waals surface area (Å²) in [6.07, 6.45) is 0.584. The summed E-state index contributed by atoms with van der Waals surface area (Å²) in [7, 11) is 0. The van der Waals surface area contributed by atoms with Gasteiger partial charge in [0, 0.05) is 14.6 Å². The third kappa shape index (κ3) is 4.17. The molecule has 2 aromatic rings. The molecule has 2 rings (SSSR count). The van der Waals surface area contributed by atoms with Crippen molar-refractivity contribution in [3.8, 4) is 0 Å². The number of rotatable bonds is 5. The van der Waals surface area contributed by atoms with E-state index in [2.05, 4.69) is 52.2 Å². The number of hydrogen-bond donors (Lipinski definition) is 1. The molecule has 0 saturated heterocycles. The number of hydrogen-bond acceptors (Lipinski definition) is 1. The van der Waals surface area contributed by atoms with Gasteiger partial charge in [-0.15, -0.1) is 0 Å². The molecular weight excluding hydrogens is 388 g/mol. The first-order chi connectivity index (χ1) is 9.60. The van der Waals surface area contributed by atoms with Crippen LogP contribution in [0.15, 0.2) is 42.5 Å². The van der Waals surface area contributed by atoms with E-state index in [1.807, 2.05) is 6.92 Å². The lowest BCUT2D eigenvalue weighted by molar-refractivity contribution is 0.528.